The molecule has 1 atom stereocenters. The summed E-state index contributed by atoms with van der Waals surface area (Å²) < 4.78 is 25.3. The standard InChI is InChI=1S/C7H4F2N2O2/c8-6-2-5(11(12)13)1-4(3-10)7(6)9/h1,5H,2H2. The highest BCUT2D eigenvalue weighted by Gasteiger charge is 2.29. The molecule has 0 amide bonds. The van der Waals surface area contributed by atoms with Gasteiger partial charge < -0.3 is 0 Å². The molecule has 0 saturated carbocycles. The van der Waals surface area contributed by atoms with Gasteiger partial charge in [-0.15, -0.1) is 0 Å². The van der Waals surface area contributed by atoms with Gasteiger partial charge in [0.15, 0.2) is 5.83 Å². The van der Waals surface area contributed by atoms with Crippen molar-refractivity contribution >= 4 is 0 Å². The summed E-state index contributed by atoms with van der Waals surface area (Å²) in [5.41, 5.74) is -0.606. The number of rotatable bonds is 1. The number of hydrogen-bond donors (Lipinski definition) is 0. The third-order valence-corrected chi connectivity index (χ3v) is 1.61. The van der Waals surface area contributed by atoms with Crippen molar-refractivity contribution in [3.63, 3.8) is 0 Å². The van der Waals surface area contributed by atoms with Crippen molar-refractivity contribution in [1.29, 1.82) is 5.26 Å². The zero-order valence-corrected chi connectivity index (χ0v) is 6.33. The minimum absolute atomic E-state index is 0.606. The number of nitro groups is 1. The van der Waals surface area contributed by atoms with Crippen LogP contribution in [0.1, 0.15) is 6.42 Å². The van der Waals surface area contributed by atoms with Gasteiger partial charge in [-0.2, -0.15) is 5.26 Å². The topological polar surface area (TPSA) is 66.9 Å². The van der Waals surface area contributed by atoms with Gasteiger partial charge in [0.25, 0.3) is 0 Å². The second kappa shape index (κ2) is 3.31. The van der Waals surface area contributed by atoms with Crippen molar-refractivity contribution in [2.75, 3.05) is 0 Å². The Bertz CT molecular complexity index is 354. The Morgan fingerprint density at radius 3 is 2.77 bits per heavy atom. The molecule has 0 bridgehead atoms. The Morgan fingerprint density at radius 2 is 2.31 bits per heavy atom. The van der Waals surface area contributed by atoms with E-state index < -0.39 is 34.6 Å². The van der Waals surface area contributed by atoms with Crippen molar-refractivity contribution in [3.8, 4) is 6.07 Å². The fourth-order valence-corrected chi connectivity index (χ4v) is 0.966. The number of nitrogens with zero attached hydrogens (tertiary/aromatic N) is 2. The Kier molecular flexibility index (Phi) is 2.37. The van der Waals surface area contributed by atoms with Crippen molar-refractivity contribution in [2.45, 2.75) is 12.5 Å². The molecule has 68 valence electrons. The molecule has 0 N–H and O–H groups in total. The third-order valence-electron chi connectivity index (χ3n) is 1.61. The van der Waals surface area contributed by atoms with Crippen LogP contribution in [0.5, 0.6) is 0 Å². The van der Waals surface area contributed by atoms with Crippen molar-refractivity contribution < 1.29 is 13.7 Å². The fraction of sp³-hybridized carbons (Fsp3) is 0.286. The predicted octanol–water partition coefficient (Wildman–Crippen LogP) is 1.64. The van der Waals surface area contributed by atoms with E-state index in [0.717, 1.165) is 6.08 Å². The molecule has 1 aliphatic rings. The molecule has 0 saturated heterocycles. The van der Waals surface area contributed by atoms with E-state index >= 15 is 0 Å². The van der Waals surface area contributed by atoms with E-state index in [1.807, 2.05) is 0 Å². The van der Waals surface area contributed by atoms with Crippen LogP contribution in [0.4, 0.5) is 8.78 Å². The maximum absolute atomic E-state index is 12.7. The number of halogens is 2. The van der Waals surface area contributed by atoms with Gasteiger partial charge in [0, 0.05) is 11.0 Å². The smallest absolute Gasteiger partial charge is 0.239 e. The first-order valence-electron chi connectivity index (χ1n) is 3.36. The van der Waals surface area contributed by atoms with Crippen molar-refractivity contribution in [2.24, 2.45) is 0 Å². The molecule has 0 aromatic rings. The van der Waals surface area contributed by atoms with Crippen LogP contribution in [0.3, 0.4) is 0 Å². The van der Waals surface area contributed by atoms with Crippen LogP contribution in [-0.4, -0.2) is 11.0 Å². The highest BCUT2D eigenvalue weighted by Crippen LogP contribution is 2.27. The van der Waals surface area contributed by atoms with E-state index in [1.54, 1.807) is 0 Å². The molecule has 13 heavy (non-hydrogen) atoms. The quantitative estimate of drug-likeness (QED) is 0.461. The Hall–Kier alpha value is -1.77. The summed E-state index contributed by atoms with van der Waals surface area (Å²) in [4.78, 5) is 9.45. The van der Waals surface area contributed by atoms with E-state index in [2.05, 4.69) is 0 Å². The second-order valence-corrected chi connectivity index (χ2v) is 2.47. The second-order valence-electron chi connectivity index (χ2n) is 2.47. The fourth-order valence-electron chi connectivity index (χ4n) is 0.966. The minimum Gasteiger partial charge on any atom is -0.264 e. The average molecular weight is 186 g/mol. The van der Waals surface area contributed by atoms with Crippen molar-refractivity contribution in [1.82, 2.24) is 0 Å². The van der Waals surface area contributed by atoms with E-state index in [0.29, 0.717) is 0 Å². The lowest BCUT2D eigenvalue weighted by Crippen LogP contribution is -2.20. The molecule has 0 radical (unpaired) electrons. The molecule has 1 unspecified atom stereocenters. The number of nitriles is 1. The number of hydrogen-bond acceptors (Lipinski definition) is 3. The summed E-state index contributed by atoms with van der Waals surface area (Å²) in [6.45, 7) is 0. The Morgan fingerprint density at radius 1 is 1.69 bits per heavy atom. The highest BCUT2D eigenvalue weighted by atomic mass is 19.2. The van der Waals surface area contributed by atoms with E-state index in [9.17, 15) is 18.9 Å². The lowest BCUT2D eigenvalue weighted by molar-refractivity contribution is -0.509. The molecule has 0 aromatic heterocycles. The van der Waals surface area contributed by atoms with Crippen LogP contribution in [0.15, 0.2) is 23.3 Å². The third kappa shape index (κ3) is 1.69. The molecule has 1 rings (SSSR count). The van der Waals surface area contributed by atoms with Crippen LogP contribution < -0.4 is 0 Å². The normalized spacial score (nSPS) is 22.2. The van der Waals surface area contributed by atoms with Gasteiger partial charge in [-0.25, -0.2) is 8.78 Å². The lowest BCUT2D eigenvalue weighted by Gasteiger charge is -2.09. The van der Waals surface area contributed by atoms with Gasteiger partial charge in [-0.1, -0.05) is 0 Å². The van der Waals surface area contributed by atoms with Gasteiger partial charge in [-0.3, -0.25) is 10.1 Å². The first-order chi connectivity index (χ1) is 6.06. The molecular weight excluding hydrogens is 182 g/mol. The summed E-state index contributed by atoms with van der Waals surface area (Å²) in [6, 6.07) is 0.0140. The SMILES string of the molecule is N#CC1=CC([N+](=O)[O-])CC(F)=C1F. The van der Waals surface area contributed by atoms with Gasteiger partial charge in [0.2, 0.25) is 6.04 Å². The maximum Gasteiger partial charge on any atom is 0.239 e. The summed E-state index contributed by atoms with van der Waals surface area (Å²) >= 11 is 0. The molecule has 0 aliphatic heterocycles. The van der Waals surface area contributed by atoms with Crippen LogP contribution in [0.25, 0.3) is 0 Å². The molecule has 0 fully saturated rings. The lowest BCUT2D eigenvalue weighted by atomic mass is 10.0. The van der Waals surface area contributed by atoms with Gasteiger partial charge in [0.1, 0.15) is 11.9 Å². The summed E-state index contributed by atoms with van der Waals surface area (Å²) in [5.74, 6) is -2.53. The zero-order chi connectivity index (χ0) is 10.0. The highest BCUT2D eigenvalue weighted by molar-refractivity contribution is 5.42. The van der Waals surface area contributed by atoms with Crippen LogP contribution in [-0.2, 0) is 0 Å². The van der Waals surface area contributed by atoms with E-state index in [-0.39, 0.29) is 0 Å². The van der Waals surface area contributed by atoms with Crippen molar-refractivity contribution in [3.05, 3.63) is 33.4 Å². The summed E-state index contributed by atoms with van der Waals surface area (Å²) in [6.07, 6.45) is 0.197. The summed E-state index contributed by atoms with van der Waals surface area (Å²) in [7, 11) is 0. The molecule has 6 heteroatoms. The van der Waals surface area contributed by atoms with E-state index in [1.165, 1.54) is 6.07 Å². The largest absolute Gasteiger partial charge is 0.264 e. The van der Waals surface area contributed by atoms with Gasteiger partial charge >= 0.3 is 0 Å². The first-order valence-corrected chi connectivity index (χ1v) is 3.36. The van der Waals surface area contributed by atoms with Crippen LogP contribution in [0.2, 0.25) is 0 Å². The monoisotopic (exact) mass is 186 g/mol. The van der Waals surface area contributed by atoms with Crippen LogP contribution in [0, 0.1) is 21.4 Å². The van der Waals surface area contributed by atoms with Gasteiger partial charge in [-0.05, 0) is 0 Å². The molecule has 0 aromatic carbocycles. The average Bonchev–Trinajstić information content (AvgIpc) is 2.09. The van der Waals surface area contributed by atoms with Gasteiger partial charge in [0.05, 0.1) is 12.0 Å². The predicted molar refractivity (Wildman–Crippen MR) is 38.3 cm³/mol. The molecule has 4 nitrogen and oxygen atoms in total. The summed E-state index contributed by atoms with van der Waals surface area (Å²) in [5, 5.41) is 18.5. The molecular formula is C7H4F2N2O2. The Labute approximate surface area is 71.9 Å². The number of allylic oxidation sites excluding steroid dienone is 2. The molecule has 1 aliphatic carbocycles. The first kappa shape index (κ1) is 9.32. The minimum atomic E-state index is -1.34. The van der Waals surface area contributed by atoms with E-state index in [4.69, 9.17) is 5.26 Å². The zero-order valence-electron chi connectivity index (χ0n) is 6.33. The molecule has 0 heterocycles. The maximum atomic E-state index is 12.7. The Balaban J connectivity index is 3.04. The molecule has 0 spiro atoms. The van der Waals surface area contributed by atoms with Crippen LogP contribution >= 0.6 is 0 Å².